The number of carbonyl (C=O) groups is 2. The van der Waals surface area contributed by atoms with E-state index >= 15 is 0 Å². The van der Waals surface area contributed by atoms with E-state index in [1.807, 2.05) is 6.07 Å². The fraction of sp³-hybridized carbons (Fsp3) is 0.167. The van der Waals surface area contributed by atoms with Gasteiger partial charge in [-0.1, -0.05) is 36.4 Å². The van der Waals surface area contributed by atoms with Crippen LogP contribution in [0.4, 0.5) is 0 Å². The number of ether oxygens (including phenoxy) is 1. The number of likely N-dealkylation sites (N-methyl/N-ethyl adjacent to an activating group) is 1. The Morgan fingerprint density at radius 3 is 2.58 bits per heavy atom. The van der Waals surface area contributed by atoms with Crippen molar-refractivity contribution in [1.82, 2.24) is 15.1 Å². The third kappa shape index (κ3) is 3.12. The van der Waals surface area contributed by atoms with E-state index in [0.29, 0.717) is 11.1 Å². The van der Waals surface area contributed by atoms with Crippen LogP contribution in [0.5, 0.6) is 0 Å². The average molecular weight is 323 g/mol. The minimum atomic E-state index is -0.980. The number of hydrogen-bond donors (Lipinski definition) is 1. The van der Waals surface area contributed by atoms with Gasteiger partial charge >= 0.3 is 5.97 Å². The monoisotopic (exact) mass is 323 g/mol. The number of H-pyrrole nitrogens is 1. The van der Waals surface area contributed by atoms with Crippen LogP contribution >= 0.6 is 0 Å². The number of benzene rings is 2. The molecule has 0 saturated heterocycles. The summed E-state index contributed by atoms with van der Waals surface area (Å²) < 4.78 is 5.51. The first kappa shape index (κ1) is 15.7. The largest absolute Gasteiger partial charge is 0.444 e. The molecule has 1 heterocycles. The van der Waals surface area contributed by atoms with Gasteiger partial charge in [0.2, 0.25) is 6.10 Å². The SMILES string of the molecule is CN(C)C(=O)C(OC(=O)c1ccc2cn[nH]c2c1)c1ccccc1. The first-order valence-corrected chi connectivity index (χ1v) is 7.46. The molecule has 0 bridgehead atoms. The molecule has 3 rings (SSSR count). The van der Waals surface area contributed by atoms with Crippen LogP contribution in [0, 0.1) is 0 Å². The van der Waals surface area contributed by atoms with Gasteiger partial charge in [-0.05, 0) is 12.1 Å². The zero-order valence-electron chi connectivity index (χ0n) is 13.4. The van der Waals surface area contributed by atoms with Crippen LogP contribution in [0.3, 0.4) is 0 Å². The topological polar surface area (TPSA) is 75.3 Å². The van der Waals surface area contributed by atoms with E-state index in [2.05, 4.69) is 10.2 Å². The van der Waals surface area contributed by atoms with Gasteiger partial charge in [-0.25, -0.2) is 4.79 Å². The Hall–Kier alpha value is -3.15. The molecule has 2 aromatic carbocycles. The maximum atomic E-state index is 12.5. The number of fused-ring (bicyclic) bond motifs is 1. The fourth-order valence-corrected chi connectivity index (χ4v) is 2.36. The molecule has 0 saturated carbocycles. The quantitative estimate of drug-likeness (QED) is 0.749. The highest BCUT2D eigenvalue weighted by molar-refractivity contribution is 5.96. The second-order valence-corrected chi connectivity index (χ2v) is 5.60. The van der Waals surface area contributed by atoms with Crippen LogP contribution in [0.2, 0.25) is 0 Å². The lowest BCUT2D eigenvalue weighted by atomic mass is 10.1. The smallest absolute Gasteiger partial charge is 0.339 e. The summed E-state index contributed by atoms with van der Waals surface area (Å²) in [5.74, 6) is -0.854. The Kier molecular flexibility index (Phi) is 4.29. The molecule has 0 aliphatic carbocycles. The number of aromatic amines is 1. The highest BCUT2D eigenvalue weighted by Crippen LogP contribution is 2.22. The van der Waals surface area contributed by atoms with Gasteiger partial charge in [-0.3, -0.25) is 9.89 Å². The Balaban J connectivity index is 1.88. The van der Waals surface area contributed by atoms with E-state index in [9.17, 15) is 9.59 Å². The van der Waals surface area contributed by atoms with E-state index in [1.54, 1.807) is 62.8 Å². The lowest BCUT2D eigenvalue weighted by Crippen LogP contribution is -2.31. The number of amides is 1. The Morgan fingerprint density at radius 1 is 1.12 bits per heavy atom. The molecule has 122 valence electrons. The van der Waals surface area contributed by atoms with Crippen molar-refractivity contribution in [2.24, 2.45) is 0 Å². The molecule has 0 aliphatic heterocycles. The molecular formula is C18H17N3O3. The van der Waals surface area contributed by atoms with Gasteiger partial charge in [0.05, 0.1) is 17.3 Å². The number of carbonyl (C=O) groups excluding carboxylic acids is 2. The highest BCUT2D eigenvalue weighted by Gasteiger charge is 2.27. The first-order valence-electron chi connectivity index (χ1n) is 7.46. The zero-order chi connectivity index (χ0) is 17.1. The van der Waals surface area contributed by atoms with Crippen molar-refractivity contribution < 1.29 is 14.3 Å². The fourth-order valence-electron chi connectivity index (χ4n) is 2.36. The first-order chi connectivity index (χ1) is 11.6. The normalized spacial score (nSPS) is 11.9. The molecule has 0 radical (unpaired) electrons. The van der Waals surface area contributed by atoms with E-state index in [1.165, 1.54) is 4.90 Å². The van der Waals surface area contributed by atoms with Gasteiger partial charge in [0.15, 0.2) is 0 Å². The van der Waals surface area contributed by atoms with Crippen molar-refractivity contribution in [3.63, 3.8) is 0 Å². The summed E-state index contributed by atoms with van der Waals surface area (Å²) in [7, 11) is 3.26. The minimum Gasteiger partial charge on any atom is -0.444 e. The molecule has 0 fully saturated rings. The summed E-state index contributed by atoms with van der Waals surface area (Å²) >= 11 is 0. The minimum absolute atomic E-state index is 0.294. The van der Waals surface area contributed by atoms with E-state index in [-0.39, 0.29) is 5.91 Å². The third-order valence-corrected chi connectivity index (χ3v) is 3.67. The van der Waals surface area contributed by atoms with Gasteiger partial charge in [0.25, 0.3) is 5.91 Å². The predicted octanol–water partition coefficient (Wildman–Crippen LogP) is 2.55. The highest BCUT2D eigenvalue weighted by atomic mass is 16.5. The number of aromatic nitrogens is 2. The van der Waals surface area contributed by atoms with E-state index < -0.39 is 12.1 Å². The Labute approximate surface area is 139 Å². The van der Waals surface area contributed by atoms with Gasteiger partial charge in [-0.15, -0.1) is 0 Å². The third-order valence-electron chi connectivity index (χ3n) is 3.67. The molecule has 1 unspecified atom stereocenters. The van der Waals surface area contributed by atoms with Crippen LogP contribution < -0.4 is 0 Å². The second kappa shape index (κ2) is 6.54. The number of hydrogen-bond acceptors (Lipinski definition) is 4. The molecule has 6 nitrogen and oxygen atoms in total. The van der Waals surface area contributed by atoms with Crippen molar-refractivity contribution in [2.45, 2.75) is 6.10 Å². The molecule has 3 aromatic rings. The summed E-state index contributed by atoms with van der Waals surface area (Å²) in [4.78, 5) is 26.3. The van der Waals surface area contributed by atoms with Crippen LogP contribution in [0.15, 0.2) is 54.7 Å². The summed E-state index contributed by atoms with van der Waals surface area (Å²) in [5, 5.41) is 7.63. The van der Waals surface area contributed by atoms with Crippen molar-refractivity contribution in [1.29, 1.82) is 0 Å². The maximum Gasteiger partial charge on any atom is 0.339 e. The van der Waals surface area contributed by atoms with E-state index in [0.717, 1.165) is 10.9 Å². The zero-order valence-corrected chi connectivity index (χ0v) is 13.4. The molecule has 1 aromatic heterocycles. The van der Waals surface area contributed by atoms with Crippen molar-refractivity contribution in [2.75, 3.05) is 14.1 Å². The molecule has 0 aliphatic rings. The summed E-state index contributed by atoms with van der Waals surface area (Å²) in [6, 6.07) is 14.1. The molecule has 1 N–H and O–H groups in total. The van der Waals surface area contributed by atoms with Crippen LogP contribution in [-0.2, 0) is 9.53 Å². The average Bonchev–Trinajstić information content (AvgIpc) is 3.07. The molecular weight excluding hydrogens is 306 g/mol. The van der Waals surface area contributed by atoms with Gasteiger partial charge in [0.1, 0.15) is 0 Å². The maximum absolute atomic E-state index is 12.5. The van der Waals surface area contributed by atoms with Crippen LogP contribution in [-0.4, -0.2) is 41.1 Å². The van der Waals surface area contributed by atoms with Crippen LogP contribution in [0.1, 0.15) is 22.0 Å². The molecule has 1 amide bonds. The lowest BCUT2D eigenvalue weighted by Gasteiger charge is -2.21. The van der Waals surface area contributed by atoms with Crippen molar-refractivity contribution in [3.8, 4) is 0 Å². The predicted molar refractivity (Wildman–Crippen MR) is 89.4 cm³/mol. The number of esters is 1. The molecule has 1 atom stereocenters. The van der Waals surface area contributed by atoms with Gasteiger partial charge in [-0.2, -0.15) is 5.10 Å². The summed E-state index contributed by atoms with van der Waals surface area (Å²) in [6.07, 6.45) is 0.693. The number of nitrogens with zero attached hydrogens (tertiary/aromatic N) is 2. The molecule has 24 heavy (non-hydrogen) atoms. The summed E-state index contributed by atoms with van der Waals surface area (Å²) in [5.41, 5.74) is 1.73. The van der Waals surface area contributed by atoms with E-state index in [4.69, 9.17) is 4.74 Å². The van der Waals surface area contributed by atoms with Gasteiger partial charge in [0, 0.05) is 25.0 Å². The molecule has 6 heteroatoms. The summed E-state index contributed by atoms with van der Waals surface area (Å²) in [6.45, 7) is 0. The van der Waals surface area contributed by atoms with Crippen molar-refractivity contribution in [3.05, 3.63) is 65.9 Å². The number of nitrogens with one attached hydrogen (secondary N) is 1. The van der Waals surface area contributed by atoms with Crippen LogP contribution in [0.25, 0.3) is 10.9 Å². The Morgan fingerprint density at radius 2 is 1.88 bits per heavy atom. The standard InChI is InChI=1S/C18H17N3O3/c1-21(2)17(22)16(12-6-4-3-5-7-12)24-18(23)13-8-9-14-11-19-20-15(14)10-13/h3-11,16H,1-2H3,(H,19,20). The second-order valence-electron chi connectivity index (χ2n) is 5.60. The van der Waals surface area contributed by atoms with Gasteiger partial charge < -0.3 is 9.64 Å². The molecule has 0 spiro atoms. The van der Waals surface area contributed by atoms with Crippen molar-refractivity contribution >= 4 is 22.8 Å². The lowest BCUT2D eigenvalue weighted by molar-refractivity contribution is -0.138. The number of rotatable bonds is 4. The Bertz CT molecular complexity index is 871.